The molecule has 0 bridgehead atoms. The lowest BCUT2D eigenvalue weighted by Crippen LogP contribution is -2.03. The molecule has 1 aromatic carbocycles. The highest BCUT2D eigenvalue weighted by Crippen LogP contribution is 2.19. The maximum Gasteiger partial charge on any atom is 0.434 e. The van der Waals surface area contributed by atoms with E-state index in [1.54, 1.807) is 10.8 Å². The summed E-state index contributed by atoms with van der Waals surface area (Å²) in [5, 5.41) is 10.7. The van der Waals surface area contributed by atoms with E-state index in [0.717, 1.165) is 25.0 Å². The van der Waals surface area contributed by atoms with Gasteiger partial charge in [-0.1, -0.05) is 36.0 Å². The van der Waals surface area contributed by atoms with Crippen molar-refractivity contribution in [2.24, 2.45) is 0 Å². The minimum Gasteiger partial charge on any atom is -0.390 e. The molecule has 0 fully saturated rings. The molecule has 2 rings (SSSR count). The molecule has 5 nitrogen and oxygen atoms in total. The van der Waals surface area contributed by atoms with E-state index >= 15 is 0 Å². The molecule has 1 aromatic heterocycles. The average Bonchev–Trinajstić information content (AvgIpc) is 2.96. The van der Waals surface area contributed by atoms with Crippen molar-refractivity contribution in [1.29, 1.82) is 0 Å². The normalized spacial score (nSPS) is 10.7. The van der Waals surface area contributed by atoms with Crippen molar-refractivity contribution in [2.45, 2.75) is 37.1 Å². The van der Waals surface area contributed by atoms with Crippen LogP contribution in [0.2, 0.25) is 0 Å². The van der Waals surface area contributed by atoms with Gasteiger partial charge in [0, 0.05) is 4.90 Å². The fourth-order valence-corrected chi connectivity index (χ4v) is 3.03. The summed E-state index contributed by atoms with van der Waals surface area (Å²) >= 11 is 1.88. The molecule has 0 saturated carbocycles. The molecule has 112 valence electrons. The van der Waals surface area contributed by atoms with Crippen LogP contribution in [0.3, 0.4) is 0 Å². The molecule has 0 aliphatic heterocycles. The predicted molar refractivity (Wildman–Crippen MR) is 84.5 cm³/mol. The highest BCUT2D eigenvalue weighted by Gasteiger charge is 2.12. The molecule has 6 heteroatoms. The van der Waals surface area contributed by atoms with Gasteiger partial charge in [0.2, 0.25) is 0 Å². The first kappa shape index (κ1) is 15.6. The van der Waals surface area contributed by atoms with E-state index in [0.29, 0.717) is 6.54 Å². The Morgan fingerprint density at radius 2 is 1.90 bits per heavy atom. The highest BCUT2D eigenvalue weighted by molar-refractivity contribution is 7.99. The number of aromatic nitrogens is 2. The number of imidazole rings is 1. The van der Waals surface area contributed by atoms with Crippen molar-refractivity contribution in [3.8, 4) is 0 Å². The SMILES string of the molecule is O=[N+]([O-])c1nccn1CCCCCCSc1ccccc1. The molecule has 0 unspecified atom stereocenters. The molecule has 0 radical (unpaired) electrons. The van der Waals surface area contributed by atoms with Crippen molar-refractivity contribution < 1.29 is 4.92 Å². The second kappa shape index (κ2) is 8.46. The molecule has 21 heavy (non-hydrogen) atoms. The summed E-state index contributed by atoms with van der Waals surface area (Å²) in [4.78, 5) is 15.3. The summed E-state index contributed by atoms with van der Waals surface area (Å²) in [6.45, 7) is 0.669. The van der Waals surface area contributed by atoms with Crippen LogP contribution >= 0.6 is 11.8 Å². The third kappa shape index (κ3) is 5.23. The standard InChI is InChI=1S/C15H19N3O2S/c19-18(20)15-16-10-12-17(15)11-6-1-2-7-13-21-14-8-4-3-5-9-14/h3-5,8-10,12H,1-2,6-7,11,13H2. The molecular weight excluding hydrogens is 286 g/mol. The lowest BCUT2D eigenvalue weighted by molar-refractivity contribution is -0.396. The zero-order valence-corrected chi connectivity index (χ0v) is 12.7. The number of nitro groups is 1. The van der Waals surface area contributed by atoms with E-state index in [2.05, 4.69) is 29.2 Å². The predicted octanol–water partition coefficient (Wildman–Crippen LogP) is 4.14. The minimum absolute atomic E-state index is 0.0605. The van der Waals surface area contributed by atoms with E-state index in [1.807, 2.05) is 17.8 Å². The third-order valence-corrected chi connectivity index (χ3v) is 4.26. The quantitative estimate of drug-likeness (QED) is 0.302. The Balaban J connectivity index is 1.56. The minimum atomic E-state index is -0.434. The fourth-order valence-electron chi connectivity index (χ4n) is 2.09. The first-order valence-electron chi connectivity index (χ1n) is 7.11. The summed E-state index contributed by atoms with van der Waals surface area (Å²) in [7, 11) is 0. The van der Waals surface area contributed by atoms with Gasteiger partial charge in [-0.15, -0.1) is 11.8 Å². The van der Waals surface area contributed by atoms with Crippen LogP contribution < -0.4 is 0 Å². The molecule has 0 aliphatic rings. The van der Waals surface area contributed by atoms with Gasteiger partial charge in [0.15, 0.2) is 0 Å². The largest absolute Gasteiger partial charge is 0.434 e. The smallest absolute Gasteiger partial charge is 0.390 e. The highest BCUT2D eigenvalue weighted by atomic mass is 32.2. The van der Waals surface area contributed by atoms with Crippen LogP contribution in [-0.4, -0.2) is 20.2 Å². The second-order valence-electron chi connectivity index (χ2n) is 4.75. The van der Waals surface area contributed by atoms with Crippen molar-refractivity contribution in [3.05, 3.63) is 52.8 Å². The molecular formula is C15H19N3O2S. The van der Waals surface area contributed by atoms with Crippen LogP contribution in [0.15, 0.2) is 47.6 Å². The van der Waals surface area contributed by atoms with Crippen molar-refractivity contribution in [2.75, 3.05) is 5.75 Å². The van der Waals surface area contributed by atoms with Gasteiger partial charge in [0.1, 0.15) is 12.4 Å². The number of thioether (sulfide) groups is 1. The van der Waals surface area contributed by atoms with E-state index in [4.69, 9.17) is 0 Å². The van der Waals surface area contributed by atoms with Gasteiger partial charge in [-0.2, -0.15) is 0 Å². The van der Waals surface area contributed by atoms with Crippen LogP contribution in [0, 0.1) is 10.1 Å². The Bertz CT molecular complexity index is 557. The monoisotopic (exact) mass is 305 g/mol. The zero-order chi connectivity index (χ0) is 14.9. The molecule has 0 atom stereocenters. The number of benzene rings is 1. The number of unbranched alkanes of at least 4 members (excludes halogenated alkanes) is 3. The summed E-state index contributed by atoms with van der Waals surface area (Å²) in [6, 6.07) is 10.4. The zero-order valence-electron chi connectivity index (χ0n) is 11.9. The Labute approximate surface area is 128 Å². The second-order valence-corrected chi connectivity index (χ2v) is 5.92. The number of hydrogen-bond donors (Lipinski definition) is 0. The molecule has 0 aliphatic carbocycles. The average molecular weight is 305 g/mol. The van der Waals surface area contributed by atoms with E-state index in [9.17, 15) is 10.1 Å². The molecule has 1 heterocycles. The lowest BCUT2D eigenvalue weighted by Gasteiger charge is -2.03. The molecule has 2 aromatic rings. The molecule has 0 saturated heterocycles. The van der Waals surface area contributed by atoms with Gasteiger partial charge < -0.3 is 10.1 Å². The Morgan fingerprint density at radius 3 is 2.67 bits per heavy atom. The fraction of sp³-hybridized carbons (Fsp3) is 0.400. The van der Waals surface area contributed by atoms with Crippen molar-refractivity contribution in [3.63, 3.8) is 0 Å². The Morgan fingerprint density at radius 1 is 1.14 bits per heavy atom. The topological polar surface area (TPSA) is 61.0 Å². The summed E-state index contributed by atoms with van der Waals surface area (Å²) in [5.74, 6) is 1.06. The van der Waals surface area contributed by atoms with Crippen LogP contribution in [0.5, 0.6) is 0 Å². The number of nitrogens with zero attached hydrogens (tertiary/aromatic N) is 3. The summed E-state index contributed by atoms with van der Waals surface area (Å²) in [6.07, 6.45) is 7.52. The number of rotatable bonds is 9. The maximum atomic E-state index is 10.7. The lowest BCUT2D eigenvalue weighted by atomic mass is 10.2. The van der Waals surface area contributed by atoms with E-state index in [-0.39, 0.29) is 5.95 Å². The maximum absolute atomic E-state index is 10.7. The van der Waals surface area contributed by atoms with Crippen LogP contribution in [0.1, 0.15) is 25.7 Å². The molecule has 0 amide bonds. The molecule has 0 spiro atoms. The summed E-state index contributed by atoms with van der Waals surface area (Å²) in [5.41, 5.74) is 0. The summed E-state index contributed by atoms with van der Waals surface area (Å²) < 4.78 is 1.61. The van der Waals surface area contributed by atoms with E-state index < -0.39 is 4.92 Å². The Kier molecular flexibility index (Phi) is 6.27. The van der Waals surface area contributed by atoms with Crippen molar-refractivity contribution in [1.82, 2.24) is 9.55 Å². The first-order valence-corrected chi connectivity index (χ1v) is 8.09. The van der Waals surface area contributed by atoms with Gasteiger partial charge in [0.05, 0.1) is 6.54 Å². The van der Waals surface area contributed by atoms with Crippen LogP contribution in [0.25, 0.3) is 0 Å². The van der Waals surface area contributed by atoms with Gasteiger partial charge in [0.25, 0.3) is 0 Å². The van der Waals surface area contributed by atoms with Gasteiger partial charge >= 0.3 is 5.95 Å². The Hall–Kier alpha value is -1.82. The number of hydrogen-bond acceptors (Lipinski definition) is 4. The van der Waals surface area contributed by atoms with Gasteiger partial charge in [-0.25, -0.2) is 4.57 Å². The van der Waals surface area contributed by atoms with Crippen LogP contribution in [-0.2, 0) is 6.54 Å². The van der Waals surface area contributed by atoms with Gasteiger partial charge in [-0.05, 0) is 35.7 Å². The van der Waals surface area contributed by atoms with Gasteiger partial charge in [-0.3, -0.25) is 0 Å². The van der Waals surface area contributed by atoms with Crippen LogP contribution in [0.4, 0.5) is 5.95 Å². The molecule has 0 N–H and O–H groups in total. The first-order chi connectivity index (χ1) is 10.3. The number of aryl methyl sites for hydroxylation is 1. The van der Waals surface area contributed by atoms with Crippen molar-refractivity contribution >= 4 is 17.7 Å². The third-order valence-electron chi connectivity index (χ3n) is 3.16. The van der Waals surface area contributed by atoms with E-state index in [1.165, 1.54) is 17.5 Å².